The van der Waals surface area contributed by atoms with E-state index >= 15 is 0 Å². The van der Waals surface area contributed by atoms with Crippen molar-refractivity contribution in [1.29, 1.82) is 0 Å². The van der Waals surface area contributed by atoms with Crippen LogP contribution in [0.5, 0.6) is 5.75 Å². The maximum absolute atomic E-state index is 12.8. The summed E-state index contributed by atoms with van der Waals surface area (Å²) in [7, 11) is 1.53. The highest BCUT2D eigenvalue weighted by molar-refractivity contribution is 6.30. The Morgan fingerprint density at radius 2 is 1.64 bits per heavy atom. The SMILES string of the molecule is CN(C(=O)c1ccccc1)c1c(OCc2ccc(Cl)cc2)cccc1C(=O)O. The highest BCUT2D eigenvalue weighted by Crippen LogP contribution is 2.33. The first-order valence-corrected chi connectivity index (χ1v) is 8.92. The predicted molar refractivity (Wildman–Crippen MR) is 108 cm³/mol. The van der Waals surface area contributed by atoms with Gasteiger partial charge in [0, 0.05) is 17.6 Å². The third-order valence-electron chi connectivity index (χ3n) is 4.20. The standard InChI is InChI=1S/C22H18ClNO4/c1-24(21(25)16-6-3-2-4-7-16)20-18(22(26)27)8-5-9-19(20)28-14-15-10-12-17(23)13-11-15/h2-13H,14H2,1H3,(H,26,27). The van der Waals surface area contributed by atoms with Crippen LogP contribution in [0.1, 0.15) is 26.3 Å². The van der Waals surface area contributed by atoms with Crippen LogP contribution < -0.4 is 9.64 Å². The molecule has 6 heteroatoms. The summed E-state index contributed by atoms with van der Waals surface area (Å²) in [4.78, 5) is 25.9. The Morgan fingerprint density at radius 1 is 0.964 bits per heavy atom. The van der Waals surface area contributed by atoms with E-state index in [0.29, 0.717) is 16.3 Å². The summed E-state index contributed by atoms with van der Waals surface area (Å²) >= 11 is 5.89. The fourth-order valence-corrected chi connectivity index (χ4v) is 2.90. The van der Waals surface area contributed by atoms with Crippen LogP contribution in [0.2, 0.25) is 5.02 Å². The number of amides is 1. The second-order valence-electron chi connectivity index (χ2n) is 6.10. The molecule has 3 aromatic rings. The number of para-hydroxylation sites is 1. The maximum Gasteiger partial charge on any atom is 0.337 e. The number of hydrogen-bond donors (Lipinski definition) is 1. The Bertz CT molecular complexity index is 987. The average Bonchev–Trinajstić information content (AvgIpc) is 2.72. The smallest absolute Gasteiger partial charge is 0.337 e. The lowest BCUT2D eigenvalue weighted by Crippen LogP contribution is -2.28. The van der Waals surface area contributed by atoms with Gasteiger partial charge in [0.05, 0.1) is 5.56 Å². The lowest BCUT2D eigenvalue weighted by atomic mass is 10.1. The zero-order chi connectivity index (χ0) is 20.1. The summed E-state index contributed by atoms with van der Waals surface area (Å²) in [5.74, 6) is -1.16. The van der Waals surface area contributed by atoms with Crippen LogP contribution in [0.25, 0.3) is 0 Å². The largest absolute Gasteiger partial charge is 0.487 e. The first kappa shape index (κ1) is 19.5. The third-order valence-corrected chi connectivity index (χ3v) is 4.45. The number of halogens is 1. The van der Waals surface area contributed by atoms with Gasteiger partial charge in [-0.15, -0.1) is 0 Å². The van der Waals surface area contributed by atoms with Crippen molar-refractivity contribution in [1.82, 2.24) is 0 Å². The number of hydrogen-bond acceptors (Lipinski definition) is 3. The summed E-state index contributed by atoms with van der Waals surface area (Å²) in [6.07, 6.45) is 0. The van der Waals surface area contributed by atoms with E-state index in [1.807, 2.05) is 18.2 Å². The van der Waals surface area contributed by atoms with Gasteiger partial charge in [0.2, 0.25) is 0 Å². The molecule has 0 radical (unpaired) electrons. The van der Waals surface area contributed by atoms with Crippen molar-refractivity contribution in [2.45, 2.75) is 6.61 Å². The molecule has 1 amide bonds. The van der Waals surface area contributed by atoms with Crippen molar-refractivity contribution in [3.8, 4) is 5.75 Å². The van der Waals surface area contributed by atoms with Gasteiger partial charge in [0.1, 0.15) is 18.0 Å². The van der Waals surface area contributed by atoms with Gasteiger partial charge in [0.15, 0.2) is 0 Å². The molecule has 3 rings (SSSR count). The highest BCUT2D eigenvalue weighted by atomic mass is 35.5. The summed E-state index contributed by atoms with van der Waals surface area (Å²) in [6, 6.07) is 20.5. The number of rotatable bonds is 6. The van der Waals surface area contributed by atoms with E-state index in [1.165, 1.54) is 18.0 Å². The van der Waals surface area contributed by atoms with Crippen LogP contribution in [0.4, 0.5) is 5.69 Å². The second kappa shape index (κ2) is 8.59. The van der Waals surface area contributed by atoms with Crippen molar-refractivity contribution < 1.29 is 19.4 Å². The van der Waals surface area contributed by atoms with Crippen LogP contribution in [-0.4, -0.2) is 24.0 Å². The molecule has 0 saturated heterocycles. The molecule has 0 unspecified atom stereocenters. The average molecular weight is 396 g/mol. The fraction of sp³-hybridized carbons (Fsp3) is 0.0909. The number of aromatic carboxylic acids is 1. The number of ether oxygens (including phenoxy) is 1. The van der Waals surface area contributed by atoms with Gasteiger partial charge in [-0.05, 0) is 42.0 Å². The number of carboxylic acids is 1. The first-order valence-electron chi connectivity index (χ1n) is 8.54. The zero-order valence-electron chi connectivity index (χ0n) is 15.1. The maximum atomic E-state index is 12.8. The second-order valence-corrected chi connectivity index (χ2v) is 6.54. The monoisotopic (exact) mass is 395 g/mol. The van der Waals surface area contributed by atoms with Crippen molar-refractivity contribution in [2.24, 2.45) is 0 Å². The van der Waals surface area contributed by atoms with Crippen LogP contribution in [-0.2, 0) is 6.61 Å². The molecule has 5 nitrogen and oxygen atoms in total. The summed E-state index contributed by atoms with van der Waals surface area (Å²) in [6.45, 7) is 0.209. The van der Waals surface area contributed by atoms with E-state index in [0.717, 1.165) is 5.56 Å². The van der Waals surface area contributed by atoms with Crippen LogP contribution in [0.15, 0.2) is 72.8 Å². The summed E-state index contributed by atoms with van der Waals surface area (Å²) < 4.78 is 5.86. The Balaban J connectivity index is 1.94. The van der Waals surface area contributed by atoms with E-state index in [1.54, 1.807) is 48.5 Å². The van der Waals surface area contributed by atoms with Crippen molar-refractivity contribution in [2.75, 3.05) is 11.9 Å². The number of benzene rings is 3. The summed E-state index contributed by atoms with van der Waals surface area (Å²) in [5.41, 5.74) is 1.51. The Morgan fingerprint density at radius 3 is 2.29 bits per heavy atom. The normalized spacial score (nSPS) is 10.4. The molecule has 0 aliphatic rings. The number of carboxylic acid groups (broad SMARTS) is 1. The molecule has 1 N–H and O–H groups in total. The van der Waals surface area contributed by atoms with Gasteiger partial charge in [-0.25, -0.2) is 4.79 Å². The molecule has 28 heavy (non-hydrogen) atoms. The molecule has 0 aromatic heterocycles. The van der Waals surface area contributed by atoms with Crippen LogP contribution in [0.3, 0.4) is 0 Å². The minimum atomic E-state index is -1.14. The molecule has 0 spiro atoms. The predicted octanol–water partition coefficient (Wildman–Crippen LogP) is 4.89. The van der Waals surface area contributed by atoms with Gasteiger partial charge >= 0.3 is 5.97 Å². The van der Waals surface area contributed by atoms with Gasteiger partial charge in [0.25, 0.3) is 5.91 Å². The highest BCUT2D eigenvalue weighted by Gasteiger charge is 2.23. The van der Waals surface area contributed by atoms with Crippen LogP contribution in [0, 0.1) is 0 Å². The number of carbonyl (C=O) groups is 2. The molecule has 3 aromatic carbocycles. The van der Waals surface area contributed by atoms with Gasteiger partial charge in [-0.2, -0.15) is 0 Å². The lowest BCUT2D eigenvalue weighted by molar-refractivity contribution is 0.0697. The Hall–Kier alpha value is -3.31. The lowest BCUT2D eigenvalue weighted by Gasteiger charge is -2.23. The van der Waals surface area contributed by atoms with Gasteiger partial charge in [-0.1, -0.05) is 48.0 Å². The molecule has 0 heterocycles. The number of carbonyl (C=O) groups excluding carboxylic acids is 1. The topological polar surface area (TPSA) is 66.8 Å². The van der Waals surface area contributed by atoms with Crippen molar-refractivity contribution >= 4 is 29.2 Å². The van der Waals surface area contributed by atoms with E-state index in [2.05, 4.69) is 0 Å². The minimum Gasteiger partial charge on any atom is -0.487 e. The van der Waals surface area contributed by atoms with E-state index < -0.39 is 5.97 Å². The zero-order valence-corrected chi connectivity index (χ0v) is 15.9. The molecule has 142 valence electrons. The molecular weight excluding hydrogens is 378 g/mol. The Labute approximate surface area is 167 Å². The molecule has 0 aliphatic heterocycles. The van der Waals surface area contributed by atoms with Gasteiger partial charge < -0.3 is 14.7 Å². The molecular formula is C22H18ClNO4. The Kier molecular flexibility index (Phi) is 5.96. The van der Waals surface area contributed by atoms with Crippen molar-refractivity contribution in [3.05, 3.63) is 94.5 Å². The summed E-state index contributed by atoms with van der Waals surface area (Å²) in [5, 5.41) is 10.2. The molecule has 0 atom stereocenters. The van der Waals surface area contributed by atoms with Crippen LogP contribution >= 0.6 is 11.6 Å². The number of anilines is 1. The number of nitrogens with zero attached hydrogens (tertiary/aromatic N) is 1. The molecule has 0 fully saturated rings. The third kappa shape index (κ3) is 4.32. The van der Waals surface area contributed by atoms with E-state index in [-0.39, 0.29) is 23.8 Å². The molecule has 0 saturated carbocycles. The first-order chi connectivity index (χ1) is 13.5. The van der Waals surface area contributed by atoms with Gasteiger partial charge in [-0.3, -0.25) is 4.79 Å². The van der Waals surface area contributed by atoms with E-state index in [4.69, 9.17) is 16.3 Å². The van der Waals surface area contributed by atoms with Crippen molar-refractivity contribution in [3.63, 3.8) is 0 Å². The quantitative estimate of drug-likeness (QED) is 0.645. The molecule has 0 bridgehead atoms. The van der Waals surface area contributed by atoms with E-state index in [9.17, 15) is 14.7 Å². The molecule has 0 aliphatic carbocycles. The fourth-order valence-electron chi connectivity index (χ4n) is 2.77. The minimum absolute atomic E-state index is 0.0135.